The number of hydrogen-bond acceptors (Lipinski definition) is 1. The van der Waals surface area contributed by atoms with E-state index in [1.54, 1.807) is 0 Å². The van der Waals surface area contributed by atoms with E-state index in [-0.39, 0.29) is 12.4 Å². The maximum Gasteiger partial charge on any atom is 0.216 e. The molecule has 2 bridgehead atoms. The van der Waals surface area contributed by atoms with Crippen LogP contribution < -0.4 is 12.4 Å². The molecule has 0 saturated carbocycles. The quantitative estimate of drug-likeness (QED) is 0.532. The fourth-order valence-corrected chi connectivity index (χ4v) is 3.39. The minimum absolute atomic E-state index is 0. The average molecular weight is 266 g/mol. The van der Waals surface area contributed by atoms with Gasteiger partial charge in [0.15, 0.2) is 0 Å². The van der Waals surface area contributed by atoms with Crippen molar-refractivity contribution >= 4 is 5.78 Å². The zero-order valence-corrected chi connectivity index (χ0v) is 11.4. The summed E-state index contributed by atoms with van der Waals surface area (Å²) < 4.78 is 1.06. The van der Waals surface area contributed by atoms with Gasteiger partial charge >= 0.3 is 0 Å². The number of Topliss-reactive ketones (excluding diaryl/α,β-unsaturated/α-hetero) is 1. The molecule has 0 amide bonds. The van der Waals surface area contributed by atoms with E-state index < -0.39 is 0 Å². The van der Waals surface area contributed by atoms with Crippen LogP contribution in [0.3, 0.4) is 0 Å². The van der Waals surface area contributed by atoms with Gasteiger partial charge in [-0.2, -0.15) is 0 Å². The second-order valence-electron chi connectivity index (χ2n) is 5.69. The van der Waals surface area contributed by atoms with Crippen LogP contribution in [0.1, 0.15) is 29.6 Å². The van der Waals surface area contributed by atoms with E-state index in [0.29, 0.717) is 5.78 Å². The summed E-state index contributed by atoms with van der Waals surface area (Å²) in [5.74, 6) is 1.28. The van der Waals surface area contributed by atoms with Crippen LogP contribution in [0, 0.1) is 5.92 Å². The number of quaternary nitrogens is 1. The molecule has 1 aromatic carbocycles. The zero-order chi connectivity index (χ0) is 11.7. The highest BCUT2D eigenvalue weighted by Crippen LogP contribution is 2.33. The smallest absolute Gasteiger partial charge is 0.216 e. The third-order valence-corrected chi connectivity index (χ3v) is 4.61. The van der Waals surface area contributed by atoms with Crippen LogP contribution in [-0.4, -0.2) is 36.4 Å². The molecule has 0 aliphatic carbocycles. The topological polar surface area (TPSA) is 17.1 Å². The van der Waals surface area contributed by atoms with Crippen molar-refractivity contribution in [2.75, 3.05) is 26.2 Å². The number of piperidine rings is 3. The van der Waals surface area contributed by atoms with E-state index in [1.807, 2.05) is 30.3 Å². The van der Waals surface area contributed by atoms with Gasteiger partial charge < -0.3 is 16.9 Å². The molecule has 0 unspecified atom stereocenters. The monoisotopic (exact) mass is 265 g/mol. The van der Waals surface area contributed by atoms with Gasteiger partial charge in [0.1, 0.15) is 6.54 Å². The summed E-state index contributed by atoms with van der Waals surface area (Å²) in [6, 6.07) is 9.76. The summed E-state index contributed by atoms with van der Waals surface area (Å²) >= 11 is 0. The van der Waals surface area contributed by atoms with Crippen molar-refractivity contribution in [2.24, 2.45) is 5.92 Å². The summed E-state index contributed by atoms with van der Waals surface area (Å²) in [5, 5.41) is 0. The van der Waals surface area contributed by atoms with E-state index in [1.165, 1.54) is 38.9 Å². The number of halogens is 1. The van der Waals surface area contributed by atoms with E-state index in [2.05, 4.69) is 0 Å². The number of fused-ring (bicyclic) bond motifs is 3. The van der Waals surface area contributed by atoms with Crippen molar-refractivity contribution in [2.45, 2.75) is 19.3 Å². The van der Waals surface area contributed by atoms with Gasteiger partial charge in [0, 0.05) is 5.56 Å². The molecular weight excluding hydrogens is 246 g/mol. The molecule has 3 heterocycles. The lowest BCUT2D eigenvalue weighted by molar-refractivity contribution is -0.935. The highest BCUT2D eigenvalue weighted by atomic mass is 35.5. The van der Waals surface area contributed by atoms with E-state index in [0.717, 1.165) is 22.5 Å². The van der Waals surface area contributed by atoms with E-state index in [9.17, 15) is 4.79 Å². The summed E-state index contributed by atoms with van der Waals surface area (Å²) in [6.45, 7) is 4.40. The number of carbonyl (C=O) groups excluding carboxylic acids is 1. The minimum atomic E-state index is 0. The Morgan fingerprint density at radius 3 is 2.17 bits per heavy atom. The van der Waals surface area contributed by atoms with Crippen LogP contribution in [0.4, 0.5) is 0 Å². The second-order valence-corrected chi connectivity index (χ2v) is 5.69. The van der Waals surface area contributed by atoms with Crippen LogP contribution >= 0.6 is 0 Å². The summed E-state index contributed by atoms with van der Waals surface area (Å²) in [4.78, 5) is 12.3. The van der Waals surface area contributed by atoms with Crippen molar-refractivity contribution in [1.82, 2.24) is 0 Å². The Bertz CT molecular complexity index is 396. The first kappa shape index (κ1) is 13.6. The molecule has 98 valence electrons. The van der Waals surface area contributed by atoms with Gasteiger partial charge in [-0.15, -0.1) is 0 Å². The lowest BCUT2D eigenvalue weighted by atomic mass is 9.85. The first-order valence-electron chi connectivity index (χ1n) is 6.71. The van der Waals surface area contributed by atoms with Gasteiger partial charge in [0.2, 0.25) is 5.78 Å². The minimum Gasteiger partial charge on any atom is -1.00 e. The molecule has 3 aliphatic rings. The van der Waals surface area contributed by atoms with Gasteiger partial charge in [0.05, 0.1) is 19.6 Å². The van der Waals surface area contributed by atoms with Crippen LogP contribution in [0.15, 0.2) is 30.3 Å². The SMILES string of the molecule is O=C(C[N+]12CCC(CC1)CC2)c1ccccc1.[Cl-]. The molecule has 0 radical (unpaired) electrons. The number of hydrogen-bond donors (Lipinski definition) is 0. The number of rotatable bonds is 3. The zero-order valence-electron chi connectivity index (χ0n) is 10.6. The number of nitrogens with zero attached hydrogens (tertiary/aromatic N) is 1. The van der Waals surface area contributed by atoms with Gasteiger partial charge in [-0.25, -0.2) is 0 Å². The molecule has 0 spiro atoms. The summed E-state index contributed by atoms with van der Waals surface area (Å²) in [5.41, 5.74) is 0.882. The molecule has 0 aromatic heterocycles. The molecule has 0 N–H and O–H groups in total. The fraction of sp³-hybridized carbons (Fsp3) is 0.533. The maximum absolute atomic E-state index is 12.3. The fourth-order valence-electron chi connectivity index (χ4n) is 3.39. The normalized spacial score (nSPS) is 29.7. The number of ketones is 1. The molecule has 1 aromatic rings. The Morgan fingerprint density at radius 1 is 1.06 bits per heavy atom. The molecule has 3 saturated heterocycles. The van der Waals surface area contributed by atoms with Crippen molar-refractivity contribution in [3.8, 4) is 0 Å². The predicted molar refractivity (Wildman–Crippen MR) is 67.8 cm³/mol. The van der Waals surface area contributed by atoms with Crippen LogP contribution in [0.25, 0.3) is 0 Å². The lowest BCUT2D eigenvalue weighted by Crippen LogP contribution is -3.00. The number of benzene rings is 1. The Hall–Kier alpha value is -0.860. The summed E-state index contributed by atoms with van der Waals surface area (Å²) in [7, 11) is 0. The number of carbonyl (C=O) groups is 1. The van der Waals surface area contributed by atoms with Gasteiger partial charge in [-0.3, -0.25) is 4.79 Å². The lowest BCUT2D eigenvalue weighted by Gasteiger charge is -2.48. The maximum atomic E-state index is 12.3. The molecule has 0 atom stereocenters. The third kappa shape index (κ3) is 2.60. The van der Waals surface area contributed by atoms with Crippen molar-refractivity contribution in [3.05, 3.63) is 35.9 Å². The Balaban J connectivity index is 0.00000120. The first-order chi connectivity index (χ1) is 8.27. The van der Waals surface area contributed by atoms with Crippen molar-refractivity contribution < 1.29 is 21.7 Å². The van der Waals surface area contributed by atoms with E-state index >= 15 is 0 Å². The van der Waals surface area contributed by atoms with Crippen molar-refractivity contribution in [3.63, 3.8) is 0 Å². The Labute approximate surface area is 115 Å². The summed E-state index contributed by atoms with van der Waals surface area (Å²) in [6.07, 6.45) is 4.01. The molecule has 4 rings (SSSR count). The largest absolute Gasteiger partial charge is 1.00 e. The van der Waals surface area contributed by atoms with Crippen LogP contribution in [0.5, 0.6) is 0 Å². The second kappa shape index (κ2) is 5.41. The highest BCUT2D eigenvalue weighted by molar-refractivity contribution is 5.96. The predicted octanol–water partition coefficient (Wildman–Crippen LogP) is -0.496. The molecule has 3 fully saturated rings. The van der Waals surface area contributed by atoms with Gasteiger partial charge in [0.25, 0.3) is 0 Å². The highest BCUT2D eigenvalue weighted by Gasteiger charge is 2.40. The van der Waals surface area contributed by atoms with E-state index in [4.69, 9.17) is 0 Å². The molecule has 18 heavy (non-hydrogen) atoms. The van der Waals surface area contributed by atoms with Gasteiger partial charge in [-0.05, 0) is 25.2 Å². The Morgan fingerprint density at radius 2 is 1.61 bits per heavy atom. The van der Waals surface area contributed by atoms with Crippen molar-refractivity contribution in [1.29, 1.82) is 0 Å². The van der Waals surface area contributed by atoms with Crippen LogP contribution in [-0.2, 0) is 0 Å². The molecule has 2 nitrogen and oxygen atoms in total. The average Bonchev–Trinajstić information content (AvgIpc) is 2.41. The van der Waals surface area contributed by atoms with Gasteiger partial charge in [-0.1, -0.05) is 30.3 Å². The Kier molecular flexibility index (Phi) is 4.08. The molecule has 3 aliphatic heterocycles. The molecule has 3 heteroatoms. The standard InChI is InChI=1S/C15H20NO.ClH/c17-15(14-4-2-1-3-5-14)12-16-9-6-13(7-10-16)8-11-16;/h1-5,13H,6-12H2;1H/q+1;/p-1. The third-order valence-electron chi connectivity index (χ3n) is 4.61. The van der Waals surface area contributed by atoms with Crippen LogP contribution in [0.2, 0.25) is 0 Å². The molecular formula is C15H20ClNO. The first-order valence-corrected chi connectivity index (χ1v) is 6.71.